The summed E-state index contributed by atoms with van der Waals surface area (Å²) < 4.78 is 10.0. The molecule has 1 aromatic carbocycles. The number of carbonyl (C=O) groups is 2. The zero-order chi connectivity index (χ0) is 16.8. The lowest BCUT2D eigenvalue weighted by Gasteiger charge is -2.28. The summed E-state index contributed by atoms with van der Waals surface area (Å²) >= 11 is 0. The standard InChI is InChI=1S/C18H23NO4/c1-4-23-18(21)12-5-13(2)16-10-11-17(20)19(16)14-6-8-15(22-3)9-7-14/h5-9,12-13,16H,4,10-11H2,1-3H3/b12-5+/t13-,16+/m0/s1. The minimum absolute atomic E-state index is 0.0431. The van der Waals surface area contributed by atoms with Crippen molar-refractivity contribution in [2.24, 2.45) is 5.92 Å². The van der Waals surface area contributed by atoms with Crippen LogP contribution >= 0.6 is 0 Å². The quantitative estimate of drug-likeness (QED) is 0.598. The number of methoxy groups -OCH3 is 1. The van der Waals surface area contributed by atoms with Gasteiger partial charge in [-0.3, -0.25) is 4.79 Å². The minimum Gasteiger partial charge on any atom is -0.497 e. The summed E-state index contributed by atoms with van der Waals surface area (Å²) in [5, 5.41) is 0. The van der Waals surface area contributed by atoms with Gasteiger partial charge in [0.25, 0.3) is 0 Å². The molecule has 1 fully saturated rings. The summed E-state index contributed by atoms with van der Waals surface area (Å²) in [5.74, 6) is 0.580. The average molecular weight is 317 g/mol. The number of carbonyl (C=O) groups excluding carboxylic acids is 2. The van der Waals surface area contributed by atoms with Crippen LogP contribution in [0.5, 0.6) is 5.75 Å². The molecule has 1 aliphatic heterocycles. The lowest BCUT2D eigenvalue weighted by molar-refractivity contribution is -0.137. The van der Waals surface area contributed by atoms with Crippen molar-refractivity contribution in [1.82, 2.24) is 0 Å². The topological polar surface area (TPSA) is 55.8 Å². The van der Waals surface area contributed by atoms with Crippen LogP contribution in [0.15, 0.2) is 36.4 Å². The van der Waals surface area contributed by atoms with Crippen LogP contribution in [0, 0.1) is 5.92 Å². The summed E-state index contributed by atoms with van der Waals surface area (Å²) in [6.45, 7) is 4.14. The first-order valence-electron chi connectivity index (χ1n) is 7.88. The van der Waals surface area contributed by atoms with E-state index in [0.29, 0.717) is 13.0 Å². The van der Waals surface area contributed by atoms with Gasteiger partial charge in [0.15, 0.2) is 0 Å². The third-order valence-corrected chi connectivity index (χ3v) is 4.03. The van der Waals surface area contributed by atoms with Crippen LogP contribution in [0.4, 0.5) is 5.69 Å². The molecule has 1 amide bonds. The van der Waals surface area contributed by atoms with Gasteiger partial charge in [-0.25, -0.2) is 4.79 Å². The number of hydrogen-bond donors (Lipinski definition) is 0. The molecule has 0 N–H and O–H groups in total. The van der Waals surface area contributed by atoms with Gasteiger partial charge < -0.3 is 14.4 Å². The Morgan fingerprint density at radius 2 is 2.09 bits per heavy atom. The van der Waals surface area contributed by atoms with Crippen molar-refractivity contribution in [2.45, 2.75) is 32.7 Å². The van der Waals surface area contributed by atoms with Crippen molar-refractivity contribution < 1.29 is 19.1 Å². The molecule has 2 atom stereocenters. The fourth-order valence-corrected chi connectivity index (χ4v) is 2.83. The minimum atomic E-state index is -0.348. The SMILES string of the molecule is CCOC(=O)/C=C/[C@H](C)[C@H]1CCC(=O)N1c1ccc(OC)cc1. The molecule has 0 aromatic heterocycles. The number of hydrogen-bond acceptors (Lipinski definition) is 4. The molecule has 124 valence electrons. The van der Waals surface area contributed by atoms with Crippen molar-refractivity contribution in [3.8, 4) is 5.75 Å². The number of amides is 1. The highest BCUT2D eigenvalue weighted by molar-refractivity contribution is 5.96. The van der Waals surface area contributed by atoms with Gasteiger partial charge in [0.1, 0.15) is 5.75 Å². The van der Waals surface area contributed by atoms with Crippen LogP contribution in [0.1, 0.15) is 26.7 Å². The summed E-state index contributed by atoms with van der Waals surface area (Å²) in [4.78, 5) is 25.5. The van der Waals surface area contributed by atoms with Crippen molar-refractivity contribution in [1.29, 1.82) is 0 Å². The molecule has 23 heavy (non-hydrogen) atoms. The van der Waals surface area contributed by atoms with Crippen LogP contribution in [-0.4, -0.2) is 31.6 Å². The van der Waals surface area contributed by atoms with Crippen LogP contribution in [0.25, 0.3) is 0 Å². The molecule has 1 heterocycles. The van der Waals surface area contributed by atoms with E-state index in [9.17, 15) is 9.59 Å². The zero-order valence-electron chi connectivity index (χ0n) is 13.8. The van der Waals surface area contributed by atoms with Crippen LogP contribution < -0.4 is 9.64 Å². The molecule has 1 saturated heterocycles. The van der Waals surface area contributed by atoms with Gasteiger partial charge in [0, 0.05) is 24.2 Å². The van der Waals surface area contributed by atoms with E-state index in [1.165, 1.54) is 6.08 Å². The third-order valence-electron chi connectivity index (χ3n) is 4.03. The van der Waals surface area contributed by atoms with E-state index in [4.69, 9.17) is 9.47 Å². The first-order chi connectivity index (χ1) is 11.1. The first kappa shape index (κ1) is 17.1. The number of anilines is 1. The number of esters is 1. The van der Waals surface area contributed by atoms with E-state index in [2.05, 4.69) is 0 Å². The normalized spacial score (nSPS) is 19.2. The molecule has 0 aliphatic carbocycles. The number of ether oxygens (including phenoxy) is 2. The Kier molecular flexibility index (Phi) is 5.79. The zero-order valence-corrected chi connectivity index (χ0v) is 13.8. The summed E-state index contributed by atoms with van der Waals surface area (Å²) in [6.07, 6.45) is 4.56. The second-order valence-electron chi connectivity index (χ2n) is 5.54. The highest BCUT2D eigenvalue weighted by Gasteiger charge is 2.34. The van der Waals surface area contributed by atoms with Crippen molar-refractivity contribution in [2.75, 3.05) is 18.6 Å². The highest BCUT2D eigenvalue weighted by atomic mass is 16.5. The maximum atomic E-state index is 12.3. The Morgan fingerprint density at radius 1 is 1.39 bits per heavy atom. The fraction of sp³-hybridized carbons (Fsp3) is 0.444. The predicted octanol–water partition coefficient (Wildman–Crippen LogP) is 2.95. The first-order valence-corrected chi connectivity index (χ1v) is 7.88. The summed E-state index contributed by atoms with van der Waals surface area (Å²) in [5.41, 5.74) is 0.856. The lowest BCUT2D eigenvalue weighted by atomic mass is 9.98. The molecule has 5 nitrogen and oxygen atoms in total. The van der Waals surface area contributed by atoms with Crippen LogP contribution in [0.3, 0.4) is 0 Å². The van der Waals surface area contributed by atoms with Gasteiger partial charge in [-0.05, 0) is 43.5 Å². The molecule has 0 saturated carbocycles. The molecule has 0 spiro atoms. The Balaban J connectivity index is 2.13. The smallest absolute Gasteiger partial charge is 0.330 e. The van der Waals surface area contributed by atoms with Gasteiger partial charge in [-0.2, -0.15) is 0 Å². The lowest BCUT2D eigenvalue weighted by Crippen LogP contribution is -2.36. The Bertz CT molecular complexity index is 579. The Labute approximate surface area is 136 Å². The molecule has 1 aliphatic rings. The van der Waals surface area contributed by atoms with Gasteiger partial charge >= 0.3 is 5.97 Å². The predicted molar refractivity (Wildman–Crippen MR) is 88.4 cm³/mol. The number of benzene rings is 1. The summed E-state index contributed by atoms with van der Waals surface area (Å²) in [6, 6.07) is 7.50. The molecule has 2 rings (SSSR count). The van der Waals surface area contributed by atoms with E-state index < -0.39 is 0 Å². The largest absolute Gasteiger partial charge is 0.497 e. The second-order valence-corrected chi connectivity index (χ2v) is 5.54. The average Bonchev–Trinajstić information content (AvgIpc) is 2.94. The van der Waals surface area contributed by atoms with E-state index in [-0.39, 0.29) is 23.8 Å². The monoisotopic (exact) mass is 317 g/mol. The van der Waals surface area contributed by atoms with Crippen molar-refractivity contribution >= 4 is 17.6 Å². The highest BCUT2D eigenvalue weighted by Crippen LogP contribution is 2.32. The number of nitrogens with zero attached hydrogens (tertiary/aromatic N) is 1. The molecule has 0 radical (unpaired) electrons. The Morgan fingerprint density at radius 3 is 2.70 bits per heavy atom. The van der Waals surface area contributed by atoms with E-state index >= 15 is 0 Å². The number of rotatable bonds is 6. The van der Waals surface area contributed by atoms with Gasteiger partial charge in [0.05, 0.1) is 13.7 Å². The molecular formula is C18H23NO4. The molecule has 0 bridgehead atoms. The van der Waals surface area contributed by atoms with Crippen molar-refractivity contribution in [3.05, 3.63) is 36.4 Å². The summed E-state index contributed by atoms with van der Waals surface area (Å²) in [7, 11) is 1.61. The van der Waals surface area contributed by atoms with Crippen molar-refractivity contribution in [3.63, 3.8) is 0 Å². The van der Waals surface area contributed by atoms with E-state index in [0.717, 1.165) is 17.9 Å². The molecular weight excluding hydrogens is 294 g/mol. The second kappa shape index (κ2) is 7.81. The molecule has 5 heteroatoms. The van der Waals surface area contributed by atoms with E-state index in [1.807, 2.05) is 42.2 Å². The maximum Gasteiger partial charge on any atom is 0.330 e. The molecule has 0 unspecified atom stereocenters. The van der Waals surface area contributed by atoms with Crippen LogP contribution in [0.2, 0.25) is 0 Å². The van der Waals surface area contributed by atoms with E-state index in [1.54, 1.807) is 14.0 Å². The van der Waals surface area contributed by atoms with Gasteiger partial charge in [0.2, 0.25) is 5.91 Å². The van der Waals surface area contributed by atoms with Gasteiger partial charge in [-0.15, -0.1) is 0 Å². The maximum absolute atomic E-state index is 12.3. The fourth-order valence-electron chi connectivity index (χ4n) is 2.83. The third kappa shape index (κ3) is 4.12. The van der Waals surface area contributed by atoms with Gasteiger partial charge in [-0.1, -0.05) is 13.0 Å². The Hall–Kier alpha value is -2.30. The molecule has 1 aromatic rings. The van der Waals surface area contributed by atoms with Crippen LogP contribution in [-0.2, 0) is 14.3 Å².